The molecule has 0 saturated carbocycles. The van der Waals surface area contributed by atoms with Gasteiger partial charge in [-0.2, -0.15) is 48.3 Å². The maximum atomic E-state index is 14.0. The van der Waals surface area contributed by atoms with Crippen LogP contribution in [0.15, 0.2) is 0 Å². The fraction of sp³-hybridized carbons (Fsp3) is 1.00. The van der Waals surface area contributed by atoms with Crippen molar-refractivity contribution in [1.82, 2.24) is 0 Å². The molecule has 1 saturated heterocycles. The van der Waals surface area contributed by atoms with Crippen molar-refractivity contribution >= 4 is 0 Å². The van der Waals surface area contributed by atoms with Gasteiger partial charge in [0.2, 0.25) is 5.92 Å². The lowest BCUT2D eigenvalue weighted by Gasteiger charge is -2.40. The smallest absolute Gasteiger partial charge is 0.373 e. The van der Waals surface area contributed by atoms with Crippen molar-refractivity contribution in [3.8, 4) is 0 Å². The van der Waals surface area contributed by atoms with Gasteiger partial charge in [-0.25, -0.2) is 4.39 Å². The highest BCUT2D eigenvalue weighted by Crippen LogP contribution is 2.57. The van der Waals surface area contributed by atoms with Gasteiger partial charge in [0.05, 0.1) is 19.3 Å². The molecular formula is C10H8F12O2. The zero-order valence-electron chi connectivity index (χ0n) is 11.1. The summed E-state index contributed by atoms with van der Waals surface area (Å²) in [4.78, 5) is 0. The predicted molar refractivity (Wildman–Crippen MR) is 50.8 cm³/mol. The van der Waals surface area contributed by atoms with Crippen molar-refractivity contribution in [2.24, 2.45) is 5.92 Å². The van der Waals surface area contributed by atoms with Crippen molar-refractivity contribution in [1.29, 1.82) is 0 Å². The topological polar surface area (TPSA) is 21.8 Å². The molecule has 1 aliphatic rings. The molecular weight excluding hydrogens is 380 g/mol. The molecule has 1 fully saturated rings. The average Bonchev–Trinajstić information content (AvgIpc) is 3.06. The van der Waals surface area contributed by atoms with E-state index in [-0.39, 0.29) is 6.61 Å². The van der Waals surface area contributed by atoms with Gasteiger partial charge >= 0.3 is 30.3 Å². The number of hydrogen-bond acceptors (Lipinski definition) is 2. The SMILES string of the molecule is FC(F)(F)C(C(F)(F)F)C(F)(OCCC1CO1)C(F)(F)C(F)(F)F. The van der Waals surface area contributed by atoms with E-state index >= 15 is 0 Å². The number of halogens is 12. The molecule has 0 N–H and O–H groups in total. The van der Waals surface area contributed by atoms with Gasteiger partial charge < -0.3 is 9.47 Å². The Labute approximate surface area is 125 Å². The fourth-order valence-corrected chi connectivity index (χ4v) is 1.73. The number of hydrogen-bond donors (Lipinski definition) is 0. The predicted octanol–water partition coefficient (Wildman–Crippen LogP) is 4.40. The van der Waals surface area contributed by atoms with E-state index in [1.807, 2.05) is 0 Å². The molecule has 24 heavy (non-hydrogen) atoms. The van der Waals surface area contributed by atoms with Crippen LogP contribution < -0.4 is 0 Å². The lowest BCUT2D eigenvalue weighted by molar-refractivity contribution is -0.447. The van der Waals surface area contributed by atoms with E-state index in [4.69, 9.17) is 0 Å². The Balaban J connectivity index is 3.32. The first-order valence-corrected chi connectivity index (χ1v) is 5.97. The molecule has 2 unspecified atom stereocenters. The molecule has 2 atom stereocenters. The van der Waals surface area contributed by atoms with Crippen LogP contribution in [0.2, 0.25) is 0 Å². The summed E-state index contributed by atoms with van der Waals surface area (Å²) in [6.07, 6.45) is -22.2. The largest absolute Gasteiger partial charge is 0.459 e. The number of epoxide rings is 1. The number of ether oxygens (including phenoxy) is 2. The summed E-state index contributed by atoms with van der Waals surface area (Å²) < 4.78 is 159. The van der Waals surface area contributed by atoms with Crippen molar-refractivity contribution in [2.45, 2.75) is 42.8 Å². The van der Waals surface area contributed by atoms with Crippen LogP contribution in [0.25, 0.3) is 0 Å². The molecule has 14 heteroatoms. The van der Waals surface area contributed by atoms with E-state index in [9.17, 15) is 52.7 Å². The minimum atomic E-state index is -7.08. The van der Waals surface area contributed by atoms with E-state index in [1.54, 1.807) is 0 Å². The lowest BCUT2D eigenvalue weighted by atomic mass is 9.92. The molecule has 1 heterocycles. The summed E-state index contributed by atoms with van der Waals surface area (Å²) in [7, 11) is 0. The first kappa shape index (κ1) is 21.1. The van der Waals surface area contributed by atoms with Gasteiger partial charge in [-0.1, -0.05) is 0 Å². The van der Waals surface area contributed by atoms with Gasteiger partial charge in [0.25, 0.3) is 0 Å². The first-order valence-electron chi connectivity index (χ1n) is 5.97. The molecule has 0 amide bonds. The molecule has 1 rings (SSSR count). The van der Waals surface area contributed by atoms with Gasteiger partial charge in [-0.3, -0.25) is 0 Å². The summed E-state index contributed by atoms with van der Waals surface area (Å²) in [5.74, 6) is -19.2. The highest BCUT2D eigenvalue weighted by atomic mass is 19.4. The van der Waals surface area contributed by atoms with E-state index in [0.717, 1.165) is 0 Å². The minimum absolute atomic E-state index is 0.0692. The molecule has 0 aromatic rings. The second-order valence-corrected chi connectivity index (χ2v) is 4.83. The fourth-order valence-electron chi connectivity index (χ4n) is 1.73. The summed E-state index contributed by atoms with van der Waals surface area (Å²) in [5.41, 5.74) is 0. The zero-order chi connectivity index (χ0) is 19.2. The quantitative estimate of drug-likeness (QED) is 0.497. The third-order valence-electron chi connectivity index (χ3n) is 2.96. The maximum absolute atomic E-state index is 14.0. The van der Waals surface area contributed by atoms with E-state index in [1.165, 1.54) is 0 Å². The molecule has 0 aromatic carbocycles. The molecule has 0 radical (unpaired) electrons. The molecule has 1 aliphatic heterocycles. The van der Waals surface area contributed by atoms with Gasteiger partial charge in [0, 0.05) is 0 Å². The van der Waals surface area contributed by atoms with E-state index in [0.29, 0.717) is 0 Å². The molecule has 0 aliphatic carbocycles. The highest BCUT2D eigenvalue weighted by Gasteiger charge is 2.83. The Bertz CT molecular complexity index is 421. The summed E-state index contributed by atoms with van der Waals surface area (Å²) in [6, 6.07) is 0. The Morgan fingerprint density at radius 3 is 1.54 bits per heavy atom. The molecule has 0 aromatic heterocycles. The van der Waals surface area contributed by atoms with E-state index < -0.39 is 55.4 Å². The summed E-state index contributed by atoms with van der Waals surface area (Å²) >= 11 is 0. The summed E-state index contributed by atoms with van der Waals surface area (Å²) in [6.45, 7) is -1.64. The van der Waals surface area contributed by atoms with Crippen LogP contribution in [0.1, 0.15) is 6.42 Å². The van der Waals surface area contributed by atoms with Gasteiger partial charge in [0.1, 0.15) is 0 Å². The lowest BCUT2D eigenvalue weighted by Crippen LogP contribution is -2.66. The molecule has 2 nitrogen and oxygen atoms in total. The Morgan fingerprint density at radius 2 is 1.25 bits per heavy atom. The van der Waals surface area contributed by atoms with Crippen LogP contribution in [0, 0.1) is 5.92 Å². The van der Waals surface area contributed by atoms with Gasteiger partial charge in [-0.05, 0) is 6.42 Å². The molecule has 0 bridgehead atoms. The monoisotopic (exact) mass is 388 g/mol. The van der Waals surface area contributed by atoms with Crippen molar-refractivity contribution in [3.63, 3.8) is 0 Å². The van der Waals surface area contributed by atoms with Crippen LogP contribution in [0.5, 0.6) is 0 Å². The average molecular weight is 388 g/mol. The van der Waals surface area contributed by atoms with Crippen molar-refractivity contribution in [2.75, 3.05) is 13.2 Å². The maximum Gasteiger partial charge on any atom is 0.459 e. The van der Waals surface area contributed by atoms with Crippen LogP contribution in [-0.4, -0.2) is 49.6 Å². The Hall–Kier alpha value is -0.920. The third kappa shape index (κ3) is 4.18. The molecule has 0 spiro atoms. The normalized spacial score (nSPS) is 22.6. The van der Waals surface area contributed by atoms with Crippen LogP contribution in [0.4, 0.5) is 52.7 Å². The highest BCUT2D eigenvalue weighted by molar-refractivity contribution is 5.02. The standard InChI is InChI=1S/C10H8F12O2/c11-6(9(18,19)10(20,21)22,24-2-1-4-3-23-4)5(7(12,13)14)8(15,16)17/h4-5H,1-3H2. The van der Waals surface area contributed by atoms with Crippen molar-refractivity contribution < 1.29 is 62.2 Å². The van der Waals surface area contributed by atoms with Crippen LogP contribution in [-0.2, 0) is 9.47 Å². The second kappa shape index (κ2) is 6.11. The van der Waals surface area contributed by atoms with E-state index in [2.05, 4.69) is 9.47 Å². The summed E-state index contributed by atoms with van der Waals surface area (Å²) in [5, 5.41) is 0. The second-order valence-electron chi connectivity index (χ2n) is 4.83. The number of rotatable bonds is 6. The van der Waals surface area contributed by atoms with Crippen LogP contribution >= 0.6 is 0 Å². The number of alkyl halides is 12. The van der Waals surface area contributed by atoms with Crippen LogP contribution in [0.3, 0.4) is 0 Å². The Morgan fingerprint density at radius 1 is 0.833 bits per heavy atom. The first-order chi connectivity index (χ1) is 10.4. The van der Waals surface area contributed by atoms with Gasteiger partial charge in [-0.15, -0.1) is 0 Å². The third-order valence-corrected chi connectivity index (χ3v) is 2.96. The minimum Gasteiger partial charge on any atom is -0.373 e. The zero-order valence-corrected chi connectivity index (χ0v) is 11.1. The Kier molecular flexibility index (Phi) is 5.38. The van der Waals surface area contributed by atoms with Crippen molar-refractivity contribution in [3.05, 3.63) is 0 Å². The molecule has 144 valence electrons. The van der Waals surface area contributed by atoms with Gasteiger partial charge in [0.15, 0.2) is 0 Å².